The van der Waals surface area contributed by atoms with Crippen LogP contribution in [0.25, 0.3) is 0 Å². The summed E-state index contributed by atoms with van der Waals surface area (Å²) in [6.45, 7) is 3.32. The van der Waals surface area contributed by atoms with Crippen LogP contribution in [0.1, 0.15) is 30.0 Å². The maximum absolute atomic E-state index is 6.01. The van der Waals surface area contributed by atoms with Gasteiger partial charge in [0.15, 0.2) is 5.96 Å². The van der Waals surface area contributed by atoms with E-state index in [0.29, 0.717) is 19.1 Å². The van der Waals surface area contributed by atoms with Gasteiger partial charge in [-0.05, 0) is 73.6 Å². The lowest BCUT2D eigenvalue weighted by molar-refractivity contribution is 0.340. The van der Waals surface area contributed by atoms with Crippen molar-refractivity contribution in [2.75, 3.05) is 18.5 Å². The van der Waals surface area contributed by atoms with Gasteiger partial charge in [0.05, 0.1) is 6.61 Å². The van der Waals surface area contributed by atoms with Gasteiger partial charge in [0.2, 0.25) is 0 Å². The van der Waals surface area contributed by atoms with Crippen LogP contribution in [-0.2, 0) is 19.3 Å². The summed E-state index contributed by atoms with van der Waals surface area (Å²) in [6, 6.07) is 14.6. The van der Waals surface area contributed by atoms with Gasteiger partial charge in [-0.15, -0.1) is 24.0 Å². The summed E-state index contributed by atoms with van der Waals surface area (Å²) in [5.74, 6) is 1.37. The average molecular weight is 451 g/mol. The Morgan fingerprint density at radius 2 is 2.00 bits per heavy atom. The molecular weight excluding hydrogens is 425 g/mol. The van der Waals surface area contributed by atoms with Crippen LogP contribution in [-0.4, -0.2) is 19.1 Å². The highest BCUT2D eigenvalue weighted by Crippen LogP contribution is 2.24. The molecule has 0 saturated carbocycles. The first-order valence-corrected chi connectivity index (χ1v) is 8.65. The van der Waals surface area contributed by atoms with E-state index in [2.05, 4.69) is 40.6 Å². The third-order valence-corrected chi connectivity index (χ3v) is 4.26. The summed E-state index contributed by atoms with van der Waals surface area (Å²) in [6.07, 6.45) is 4.45. The Bertz CT molecular complexity index is 731. The second kappa shape index (κ2) is 9.65. The van der Waals surface area contributed by atoms with Gasteiger partial charge >= 0.3 is 0 Å². The van der Waals surface area contributed by atoms with Crippen LogP contribution in [0.5, 0.6) is 5.75 Å². The minimum Gasteiger partial charge on any atom is -0.494 e. The van der Waals surface area contributed by atoms with Crippen LogP contribution in [0.15, 0.2) is 47.5 Å². The van der Waals surface area contributed by atoms with Gasteiger partial charge < -0.3 is 15.8 Å². The van der Waals surface area contributed by atoms with Crippen LogP contribution in [0.4, 0.5) is 5.69 Å². The molecule has 0 amide bonds. The summed E-state index contributed by atoms with van der Waals surface area (Å²) in [7, 11) is 0. The molecule has 2 aromatic rings. The fourth-order valence-electron chi connectivity index (χ4n) is 3.10. The summed E-state index contributed by atoms with van der Waals surface area (Å²) < 4.78 is 5.52. The van der Waals surface area contributed by atoms with Crippen molar-refractivity contribution in [1.29, 1.82) is 0 Å². The highest BCUT2D eigenvalue weighted by atomic mass is 127. The van der Waals surface area contributed by atoms with Crippen molar-refractivity contribution in [2.24, 2.45) is 10.7 Å². The van der Waals surface area contributed by atoms with Crippen molar-refractivity contribution in [3.8, 4) is 5.75 Å². The quantitative estimate of drug-likeness (QED) is 0.394. The van der Waals surface area contributed by atoms with E-state index in [1.54, 1.807) is 0 Å². The number of aryl methyl sites for hydroxylation is 2. The van der Waals surface area contributed by atoms with Gasteiger partial charge in [-0.25, -0.2) is 0 Å². The molecule has 3 N–H and O–H groups in total. The van der Waals surface area contributed by atoms with Gasteiger partial charge in [-0.2, -0.15) is 0 Å². The molecule has 0 heterocycles. The van der Waals surface area contributed by atoms with Crippen molar-refractivity contribution in [1.82, 2.24) is 0 Å². The number of hydrogen-bond donors (Lipinski definition) is 2. The second-order valence-corrected chi connectivity index (χ2v) is 6.06. The largest absolute Gasteiger partial charge is 0.494 e. The van der Waals surface area contributed by atoms with E-state index in [1.807, 2.05) is 19.1 Å². The molecule has 3 rings (SSSR count). The summed E-state index contributed by atoms with van der Waals surface area (Å²) in [5, 5.41) is 3.19. The number of aliphatic imine (C=N–C) groups is 1. The van der Waals surface area contributed by atoms with E-state index in [1.165, 1.54) is 29.5 Å². The number of rotatable bonds is 6. The van der Waals surface area contributed by atoms with Crippen LogP contribution in [0.2, 0.25) is 0 Å². The number of fused-ring (bicyclic) bond motifs is 1. The van der Waals surface area contributed by atoms with E-state index in [-0.39, 0.29) is 24.0 Å². The van der Waals surface area contributed by atoms with Crippen LogP contribution >= 0.6 is 24.0 Å². The maximum atomic E-state index is 6.01. The molecular formula is C20H26IN3O. The number of halogens is 1. The van der Waals surface area contributed by atoms with E-state index in [9.17, 15) is 0 Å². The first-order valence-electron chi connectivity index (χ1n) is 8.65. The number of nitrogens with zero attached hydrogens (tertiary/aromatic N) is 1. The first kappa shape index (κ1) is 19.6. The van der Waals surface area contributed by atoms with E-state index in [0.717, 1.165) is 24.3 Å². The Hall–Kier alpha value is -1.76. The molecule has 4 nitrogen and oxygen atoms in total. The molecule has 1 aliphatic carbocycles. The third kappa shape index (κ3) is 5.63. The summed E-state index contributed by atoms with van der Waals surface area (Å²) in [4.78, 5) is 4.43. The monoisotopic (exact) mass is 451 g/mol. The lowest BCUT2D eigenvalue weighted by atomic mass is 10.1. The fraction of sp³-hybridized carbons (Fsp3) is 0.350. The standard InChI is InChI=1S/C20H25N3O.HI/c1-2-24-19-8-3-5-15(13-19)11-12-22-20(21)23-18-10-9-16-6-4-7-17(16)14-18;/h3,5,8-10,13-14H,2,4,6-7,11-12H2,1H3,(H3,21,22,23);1H. The Labute approximate surface area is 166 Å². The second-order valence-electron chi connectivity index (χ2n) is 6.06. The number of benzene rings is 2. The van der Waals surface area contributed by atoms with Gasteiger partial charge in [0, 0.05) is 12.2 Å². The number of nitrogens with one attached hydrogen (secondary N) is 1. The lowest BCUT2D eigenvalue weighted by Gasteiger charge is -2.08. The number of anilines is 1. The van der Waals surface area contributed by atoms with Crippen molar-refractivity contribution in [3.05, 3.63) is 59.2 Å². The molecule has 0 radical (unpaired) electrons. The van der Waals surface area contributed by atoms with Gasteiger partial charge in [-0.3, -0.25) is 4.99 Å². The number of ether oxygens (including phenoxy) is 1. The van der Waals surface area contributed by atoms with Crippen LogP contribution in [0, 0.1) is 0 Å². The third-order valence-electron chi connectivity index (χ3n) is 4.26. The molecule has 134 valence electrons. The molecule has 0 spiro atoms. The van der Waals surface area contributed by atoms with E-state index in [4.69, 9.17) is 10.5 Å². The Morgan fingerprint density at radius 3 is 2.84 bits per heavy atom. The lowest BCUT2D eigenvalue weighted by Crippen LogP contribution is -2.23. The molecule has 0 unspecified atom stereocenters. The topological polar surface area (TPSA) is 59.6 Å². The Morgan fingerprint density at radius 1 is 1.16 bits per heavy atom. The van der Waals surface area contributed by atoms with Crippen molar-refractivity contribution < 1.29 is 4.74 Å². The molecule has 0 bridgehead atoms. The van der Waals surface area contributed by atoms with Gasteiger partial charge in [-0.1, -0.05) is 18.2 Å². The van der Waals surface area contributed by atoms with Gasteiger partial charge in [0.25, 0.3) is 0 Å². The number of hydrogen-bond acceptors (Lipinski definition) is 2. The Balaban J connectivity index is 0.00000225. The van der Waals surface area contributed by atoms with Gasteiger partial charge in [0.1, 0.15) is 5.75 Å². The predicted molar refractivity (Wildman–Crippen MR) is 115 cm³/mol. The SMILES string of the molecule is CCOc1cccc(CCN=C(N)Nc2ccc3c(c2)CCC3)c1.I. The molecule has 0 saturated heterocycles. The molecule has 0 fully saturated rings. The summed E-state index contributed by atoms with van der Waals surface area (Å²) >= 11 is 0. The zero-order valence-electron chi connectivity index (χ0n) is 14.6. The molecule has 25 heavy (non-hydrogen) atoms. The summed E-state index contributed by atoms with van der Waals surface area (Å²) in [5.41, 5.74) is 11.1. The molecule has 0 atom stereocenters. The number of guanidine groups is 1. The maximum Gasteiger partial charge on any atom is 0.193 e. The highest BCUT2D eigenvalue weighted by molar-refractivity contribution is 14.0. The predicted octanol–water partition coefficient (Wildman–Crippen LogP) is 4.16. The average Bonchev–Trinajstić information content (AvgIpc) is 3.03. The van der Waals surface area contributed by atoms with Crippen LogP contribution < -0.4 is 15.8 Å². The van der Waals surface area contributed by atoms with Crippen molar-refractivity contribution in [2.45, 2.75) is 32.6 Å². The van der Waals surface area contributed by atoms with Crippen molar-refractivity contribution in [3.63, 3.8) is 0 Å². The minimum atomic E-state index is 0. The molecule has 0 aliphatic heterocycles. The highest BCUT2D eigenvalue weighted by Gasteiger charge is 2.10. The first-order chi connectivity index (χ1) is 11.7. The normalized spacial score (nSPS) is 13.1. The van der Waals surface area contributed by atoms with E-state index < -0.39 is 0 Å². The fourth-order valence-corrected chi connectivity index (χ4v) is 3.10. The molecule has 5 heteroatoms. The number of nitrogens with two attached hydrogens (primary N) is 1. The van der Waals surface area contributed by atoms with Crippen molar-refractivity contribution >= 4 is 35.6 Å². The Kier molecular flexibility index (Phi) is 7.55. The minimum absolute atomic E-state index is 0. The molecule has 0 aromatic heterocycles. The zero-order chi connectivity index (χ0) is 16.8. The molecule has 1 aliphatic rings. The van der Waals surface area contributed by atoms with Crippen LogP contribution in [0.3, 0.4) is 0 Å². The van der Waals surface area contributed by atoms with E-state index >= 15 is 0 Å². The molecule has 2 aromatic carbocycles. The zero-order valence-corrected chi connectivity index (χ0v) is 17.0. The smallest absolute Gasteiger partial charge is 0.193 e.